The Balaban J connectivity index is 1.28. The number of rotatable bonds is 22. The molecule has 1 aliphatic rings. The Morgan fingerprint density at radius 2 is 1.58 bits per heavy atom. The fourth-order valence-electron chi connectivity index (χ4n) is 5.34. The molecule has 0 N–H and O–H groups in total. The van der Waals surface area contributed by atoms with Crippen LogP contribution in [0.3, 0.4) is 0 Å². The molecule has 0 bridgehead atoms. The first-order valence-corrected chi connectivity index (χ1v) is 17.7. The van der Waals surface area contributed by atoms with Crippen molar-refractivity contribution < 1.29 is 4.74 Å². The summed E-state index contributed by atoms with van der Waals surface area (Å²) in [6.45, 7) is 7.92. The summed E-state index contributed by atoms with van der Waals surface area (Å²) in [7, 11) is -0.398. The molecule has 1 aliphatic carbocycles. The van der Waals surface area contributed by atoms with Gasteiger partial charge in [0.05, 0.1) is 28.0 Å². The molecule has 0 radical (unpaired) electrons. The van der Waals surface area contributed by atoms with Crippen LogP contribution < -0.4 is 10.1 Å². The molecule has 2 aromatic rings. The smallest absolute Gasteiger partial charge is 0.213 e. The number of hydrogen-bond acceptors (Lipinski definition) is 4. The van der Waals surface area contributed by atoms with E-state index in [2.05, 4.69) is 36.8 Å². The molecular weight excluding hydrogens is 482 g/mol. The van der Waals surface area contributed by atoms with E-state index in [1.807, 2.05) is 24.7 Å². The van der Waals surface area contributed by atoms with Crippen LogP contribution in [0, 0.1) is 17.8 Å². The SMILES string of the molecule is CCCCCC(C)CCCCCC(C)C[SiH2]c1cncc(-c2ccc(OCCCCCCC3CC3)nc2)n1. The molecule has 5 heteroatoms. The van der Waals surface area contributed by atoms with Crippen molar-refractivity contribution >= 4 is 14.8 Å². The van der Waals surface area contributed by atoms with E-state index < -0.39 is 9.52 Å². The molecular formula is C33H55N3OSi. The molecule has 4 nitrogen and oxygen atoms in total. The van der Waals surface area contributed by atoms with Gasteiger partial charge in [0.15, 0.2) is 0 Å². The van der Waals surface area contributed by atoms with E-state index in [4.69, 9.17) is 9.72 Å². The lowest BCUT2D eigenvalue weighted by Gasteiger charge is -2.13. The Bertz CT molecular complexity index is 871. The van der Waals surface area contributed by atoms with Gasteiger partial charge >= 0.3 is 0 Å². The molecule has 0 amide bonds. The van der Waals surface area contributed by atoms with Gasteiger partial charge in [-0.15, -0.1) is 0 Å². The Morgan fingerprint density at radius 1 is 0.842 bits per heavy atom. The lowest BCUT2D eigenvalue weighted by Crippen LogP contribution is -2.21. The largest absolute Gasteiger partial charge is 0.478 e. The second-order valence-corrected chi connectivity index (χ2v) is 14.0. The van der Waals surface area contributed by atoms with E-state index in [0.717, 1.165) is 42.0 Å². The van der Waals surface area contributed by atoms with Crippen LogP contribution in [0.5, 0.6) is 5.88 Å². The van der Waals surface area contributed by atoms with E-state index in [0.29, 0.717) is 5.88 Å². The molecule has 0 aliphatic heterocycles. The summed E-state index contributed by atoms with van der Waals surface area (Å²) in [6.07, 6.45) is 27.7. The Morgan fingerprint density at radius 3 is 2.32 bits per heavy atom. The van der Waals surface area contributed by atoms with Gasteiger partial charge < -0.3 is 4.74 Å². The van der Waals surface area contributed by atoms with Crippen LogP contribution in [0.15, 0.2) is 30.7 Å². The molecule has 3 rings (SSSR count). The quantitative estimate of drug-likeness (QED) is 0.112. The summed E-state index contributed by atoms with van der Waals surface area (Å²) < 4.78 is 5.86. The highest BCUT2D eigenvalue weighted by Gasteiger charge is 2.19. The van der Waals surface area contributed by atoms with Crippen molar-refractivity contribution in [3.63, 3.8) is 0 Å². The monoisotopic (exact) mass is 537 g/mol. The summed E-state index contributed by atoms with van der Waals surface area (Å²) in [5, 5.41) is 1.22. The highest BCUT2D eigenvalue weighted by molar-refractivity contribution is 6.52. The van der Waals surface area contributed by atoms with Crippen molar-refractivity contribution in [1.82, 2.24) is 15.0 Å². The molecule has 1 saturated carbocycles. The van der Waals surface area contributed by atoms with Crippen LogP contribution in [0.4, 0.5) is 0 Å². The lowest BCUT2D eigenvalue weighted by atomic mass is 9.96. The summed E-state index contributed by atoms with van der Waals surface area (Å²) >= 11 is 0. The van der Waals surface area contributed by atoms with Crippen LogP contribution in [0.25, 0.3) is 11.3 Å². The van der Waals surface area contributed by atoms with Crippen molar-refractivity contribution in [2.75, 3.05) is 6.61 Å². The van der Waals surface area contributed by atoms with Crippen LogP contribution in [-0.4, -0.2) is 31.1 Å². The summed E-state index contributed by atoms with van der Waals surface area (Å²) in [5.74, 6) is 3.48. The minimum absolute atomic E-state index is 0.398. The van der Waals surface area contributed by atoms with E-state index in [1.165, 1.54) is 108 Å². The topological polar surface area (TPSA) is 47.9 Å². The first-order valence-electron chi connectivity index (χ1n) is 16.0. The summed E-state index contributed by atoms with van der Waals surface area (Å²) in [5.41, 5.74) is 1.96. The molecule has 212 valence electrons. The first-order chi connectivity index (χ1) is 18.6. The predicted octanol–water partition coefficient (Wildman–Crippen LogP) is 8.29. The third-order valence-corrected chi connectivity index (χ3v) is 10.4. The molecule has 2 heterocycles. The fourth-order valence-corrected chi connectivity index (χ4v) is 6.94. The number of pyridine rings is 1. The van der Waals surface area contributed by atoms with Crippen LogP contribution >= 0.6 is 0 Å². The summed E-state index contributed by atoms with van der Waals surface area (Å²) in [6, 6.07) is 5.36. The molecule has 0 spiro atoms. The van der Waals surface area contributed by atoms with Crippen molar-refractivity contribution in [1.29, 1.82) is 0 Å². The molecule has 2 unspecified atom stereocenters. The van der Waals surface area contributed by atoms with Crippen molar-refractivity contribution in [2.24, 2.45) is 17.8 Å². The van der Waals surface area contributed by atoms with Gasteiger partial charge in [0.2, 0.25) is 5.88 Å². The average molecular weight is 538 g/mol. The van der Waals surface area contributed by atoms with E-state index in [-0.39, 0.29) is 0 Å². The van der Waals surface area contributed by atoms with E-state index in [1.54, 1.807) is 0 Å². The van der Waals surface area contributed by atoms with Gasteiger partial charge in [0.25, 0.3) is 0 Å². The van der Waals surface area contributed by atoms with Crippen LogP contribution in [0.2, 0.25) is 6.04 Å². The molecule has 0 aromatic carbocycles. The highest BCUT2D eigenvalue weighted by Crippen LogP contribution is 2.34. The van der Waals surface area contributed by atoms with Gasteiger partial charge in [-0.2, -0.15) is 0 Å². The predicted molar refractivity (Wildman–Crippen MR) is 165 cm³/mol. The zero-order chi connectivity index (χ0) is 26.8. The normalized spacial score (nSPS) is 15.2. The second kappa shape index (κ2) is 18.5. The molecule has 38 heavy (non-hydrogen) atoms. The highest BCUT2D eigenvalue weighted by atomic mass is 28.2. The number of aromatic nitrogens is 3. The van der Waals surface area contributed by atoms with Gasteiger partial charge in [-0.05, 0) is 30.2 Å². The Labute approximate surface area is 236 Å². The average Bonchev–Trinajstić information content (AvgIpc) is 3.76. The molecule has 2 atom stereocenters. The molecule has 1 fully saturated rings. The van der Waals surface area contributed by atoms with Crippen molar-refractivity contribution in [3.8, 4) is 17.1 Å². The third kappa shape index (κ3) is 13.4. The van der Waals surface area contributed by atoms with Gasteiger partial charge in [0.1, 0.15) is 0 Å². The minimum atomic E-state index is -0.398. The maximum atomic E-state index is 5.86. The minimum Gasteiger partial charge on any atom is -0.478 e. The van der Waals surface area contributed by atoms with Gasteiger partial charge in [-0.1, -0.05) is 123 Å². The lowest BCUT2D eigenvalue weighted by molar-refractivity contribution is 0.293. The zero-order valence-electron chi connectivity index (χ0n) is 24.8. The van der Waals surface area contributed by atoms with Crippen molar-refractivity contribution in [3.05, 3.63) is 30.7 Å². The van der Waals surface area contributed by atoms with Crippen LogP contribution in [-0.2, 0) is 0 Å². The number of ether oxygens (including phenoxy) is 1. The first kappa shape index (κ1) is 30.8. The number of unbranched alkanes of at least 4 members (excludes halogenated alkanes) is 7. The number of nitrogens with zero attached hydrogens (tertiary/aromatic N) is 3. The van der Waals surface area contributed by atoms with Gasteiger partial charge in [-0.25, -0.2) is 4.98 Å². The third-order valence-electron chi connectivity index (χ3n) is 8.26. The Hall–Kier alpha value is -1.75. The molecule has 2 aromatic heterocycles. The number of hydrogen-bond donors (Lipinski definition) is 0. The van der Waals surface area contributed by atoms with Crippen LogP contribution in [0.1, 0.15) is 124 Å². The maximum Gasteiger partial charge on any atom is 0.213 e. The van der Waals surface area contributed by atoms with Gasteiger partial charge in [-0.3, -0.25) is 9.97 Å². The maximum absolute atomic E-state index is 5.86. The summed E-state index contributed by atoms with van der Waals surface area (Å²) in [4.78, 5) is 14.0. The van der Waals surface area contributed by atoms with Crippen molar-refractivity contribution in [2.45, 2.75) is 130 Å². The zero-order valence-corrected chi connectivity index (χ0v) is 26.2. The van der Waals surface area contributed by atoms with E-state index >= 15 is 0 Å². The standard InChI is InChI=1S/C33H55N3OSi/c1-4-5-9-14-27(2)15-10-8-11-16-28(3)26-38-33-25-34-24-31(36-33)30-20-21-32(35-23-30)37-22-13-7-6-12-17-29-18-19-29/h20-21,23-25,27-29H,4-19,22,26,38H2,1-3H3. The second-order valence-electron chi connectivity index (χ2n) is 12.2. The molecule has 0 saturated heterocycles. The van der Waals surface area contributed by atoms with E-state index in [9.17, 15) is 0 Å². The fraction of sp³-hybridized carbons (Fsp3) is 0.727. The van der Waals surface area contributed by atoms with Gasteiger partial charge in [0, 0.05) is 29.3 Å². The Kier molecular flexibility index (Phi) is 15.0.